The van der Waals surface area contributed by atoms with Crippen molar-refractivity contribution in [1.29, 1.82) is 0 Å². The first kappa shape index (κ1) is 15.4. The lowest BCUT2D eigenvalue weighted by atomic mass is 10.2. The zero-order chi connectivity index (χ0) is 17.3. The number of pyridine rings is 1. The van der Waals surface area contributed by atoms with Crippen molar-refractivity contribution >= 4 is 28.5 Å². The fraction of sp³-hybridized carbons (Fsp3) is 0.133. The van der Waals surface area contributed by atoms with Gasteiger partial charge in [-0.3, -0.25) is 15.1 Å². The molecule has 2 heterocycles. The minimum absolute atomic E-state index is 0.125. The number of ether oxygens (including phenoxy) is 1. The number of hydrogen-bond donors (Lipinski definition) is 4. The molecule has 5 N–H and O–H groups in total. The third-order valence-corrected chi connectivity index (χ3v) is 3.30. The van der Waals surface area contributed by atoms with Crippen molar-refractivity contribution in [3.63, 3.8) is 0 Å². The second-order valence-corrected chi connectivity index (χ2v) is 4.94. The maximum absolute atomic E-state index is 11.9. The van der Waals surface area contributed by atoms with Gasteiger partial charge >= 0.3 is 6.09 Å². The molecule has 0 saturated carbocycles. The van der Waals surface area contributed by atoms with Crippen LogP contribution in [0, 0.1) is 0 Å². The number of aromatic hydroxyl groups is 1. The Morgan fingerprint density at radius 3 is 3.00 bits per heavy atom. The van der Waals surface area contributed by atoms with E-state index in [-0.39, 0.29) is 29.2 Å². The number of amides is 1. The molecule has 0 aliphatic heterocycles. The van der Waals surface area contributed by atoms with Crippen molar-refractivity contribution < 1.29 is 14.6 Å². The number of benzene rings is 1. The molecular weight excluding hydrogens is 314 g/mol. The van der Waals surface area contributed by atoms with Crippen LogP contribution in [0.4, 0.5) is 16.3 Å². The van der Waals surface area contributed by atoms with E-state index in [0.717, 1.165) is 0 Å². The summed E-state index contributed by atoms with van der Waals surface area (Å²) in [5, 5.41) is 16.5. The molecule has 3 rings (SSSR count). The minimum Gasteiger partial charge on any atom is -0.494 e. The number of carbonyl (C=O) groups excluding carboxylic acids is 1. The lowest BCUT2D eigenvalue weighted by Gasteiger charge is -2.08. The van der Waals surface area contributed by atoms with E-state index in [1.807, 2.05) is 0 Å². The number of nitrogens with two attached hydrogens (primary N) is 1. The van der Waals surface area contributed by atoms with E-state index in [9.17, 15) is 14.7 Å². The predicted octanol–water partition coefficient (Wildman–Crippen LogP) is 1.57. The predicted molar refractivity (Wildman–Crippen MR) is 88.4 cm³/mol. The summed E-state index contributed by atoms with van der Waals surface area (Å²) >= 11 is 0. The lowest BCUT2D eigenvalue weighted by Crippen LogP contribution is -2.13. The number of rotatable bonds is 3. The number of aromatic amines is 1. The van der Waals surface area contributed by atoms with E-state index in [1.165, 1.54) is 10.7 Å². The van der Waals surface area contributed by atoms with Crippen LogP contribution in [0.2, 0.25) is 0 Å². The number of nitrogens with zero attached hydrogens (tertiary/aromatic N) is 2. The molecule has 0 unspecified atom stereocenters. The van der Waals surface area contributed by atoms with Gasteiger partial charge in [0.2, 0.25) is 0 Å². The standard InChI is InChI=1S/C15H15N5O4/c1-2-24-15(23)17-8-4-3-5-9(6-8)20-13(16)12-10(19-20)7-11(21)18-14(12)22/h3-7,21H,2,16H2,1H3,(H,17,23)(H,18,22). The molecule has 9 heteroatoms. The fourth-order valence-electron chi connectivity index (χ4n) is 2.32. The molecule has 0 saturated heterocycles. The molecular formula is C15H15N5O4. The first-order valence-electron chi connectivity index (χ1n) is 7.14. The topological polar surface area (TPSA) is 135 Å². The quantitative estimate of drug-likeness (QED) is 0.576. The Morgan fingerprint density at radius 2 is 2.25 bits per heavy atom. The first-order chi connectivity index (χ1) is 11.5. The smallest absolute Gasteiger partial charge is 0.411 e. The van der Waals surface area contributed by atoms with E-state index < -0.39 is 11.7 Å². The summed E-state index contributed by atoms with van der Waals surface area (Å²) in [5.41, 5.74) is 6.76. The summed E-state index contributed by atoms with van der Waals surface area (Å²) < 4.78 is 6.18. The number of anilines is 2. The van der Waals surface area contributed by atoms with E-state index in [4.69, 9.17) is 10.5 Å². The Kier molecular flexibility index (Phi) is 3.82. The number of hydrogen-bond acceptors (Lipinski definition) is 6. The molecule has 1 aromatic carbocycles. The largest absolute Gasteiger partial charge is 0.494 e. The van der Waals surface area contributed by atoms with Gasteiger partial charge in [0.05, 0.1) is 12.3 Å². The molecule has 0 aliphatic rings. The Bertz CT molecular complexity index is 976. The van der Waals surface area contributed by atoms with Crippen LogP contribution < -0.4 is 16.6 Å². The molecule has 24 heavy (non-hydrogen) atoms. The first-order valence-corrected chi connectivity index (χ1v) is 7.14. The second-order valence-electron chi connectivity index (χ2n) is 4.94. The number of nitrogen functional groups attached to an aromatic ring is 1. The maximum Gasteiger partial charge on any atom is 0.411 e. The average molecular weight is 329 g/mol. The normalized spacial score (nSPS) is 10.7. The van der Waals surface area contributed by atoms with Crippen LogP contribution in [-0.2, 0) is 4.74 Å². The van der Waals surface area contributed by atoms with Gasteiger partial charge in [0, 0.05) is 11.8 Å². The number of carbonyl (C=O) groups is 1. The van der Waals surface area contributed by atoms with Crippen molar-refractivity contribution in [3.05, 3.63) is 40.7 Å². The lowest BCUT2D eigenvalue weighted by molar-refractivity contribution is 0.168. The summed E-state index contributed by atoms with van der Waals surface area (Å²) in [6.07, 6.45) is -0.574. The zero-order valence-electron chi connectivity index (χ0n) is 12.7. The molecule has 3 aromatic rings. The van der Waals surface area contributed by atoms with Crippen LogP contribution >= 0.6 is 0 Å². The van der Waals surface area contributed by atoms with Gasteiger partial charge in [-0.05, 0) is 25.1 Å². The average Bonchev–Trinajstić information content (AvgIpc) is 2.84. The van der Waals surface area contributed by atoms with Crippen LogP contribution in [0.25, 0.3) is 16.6 Å². The highest BCUT2D eigenvalue weighted by molar-refractivity contribution is 5.90. The maximum atomic E-state index is 11.9. The summed E-state index contributed by atoms with van der Waals surface area (Å²) in [4.78, 5) is 25.7. The van der Waals surface area contributed by atoms with Gasteiger partial charge in [-0.1, -0.05) is 6.07 Å². The summed E-state index contributed by atoms with van der Waals surface area (Å²) in [6, 6.07) is 8.03. The van der Waals surface area contributed by atoms with Gasteiger partial charge in [-0.25, -0.2) is 9.48 Å². The third kappa shape index (κ3) is 2.74. The summed E-state index contributed by atoms with van der Waals surface area (Å²) in [6.45, 7) is 1.97. The number of fused-ring (bicyclic) bond motifs is 1. The summed E-state index contributed by atoms with van der Waals surface area (Å²) in [7, 11) is 0. The molecule has 0 atom stereocenters. The van der Waals surface area contributed by atoms with Crippen molar-refractivity contribution in [2.24, 2.45) is 0 Å². The van der Waals surface area contributed by atoms with Gasteiger partial charge in [0.1, 0.15) is 16.7 Å². The molecule has 1 amide bonds. The molecule has 0 radical (unpaired) electrons. The Labute approximate surface area is 135 Å². The fourth-order valence-corrected chi connectivity index (χ4v) is 2.32. The molecule has 2 aromatic heterocycles. The molecule has 9 nitrogen and oxygen atoms in total. The number of H-pyrrole nitrogens is 1. The van der Waals surface area contributed by atoms with E-state index >= 15 is 0 Å². The van der Waals surface area contributed by atoms with Crippen molar-refractivity contribution in [2.75, 3.05) is 17.7 Å². The van der Waals surface area contributed by atoms with Gasteiger partial charge in [-0.15, -0.1) is 0 Å². The molecule has 0 aliphatic carbocycles. The zero-order valence-corrected chi connectivity index (χ0v) is 12.7. The number of aromatic nitrogens is 3. The van der Waals surface area contributed by atoms with E-state index in [0.29, 0.717) is 11.4 Å². The molecule has 124 valence electrons. The van der Waals surface area contributed by atoms with Gasteiger partial charge < -0.3 is 15.6 Å². The van der Waals surface area contributed by atoms with Crippen LogP contribution in [0.1, 0.15) is 6.92 Å². The second kappa shape index (κ2) is 5.95. The minimum atomic E-state index is -0.574. The molecule has 0 fully saturated rings. The van der Waals surface area contributed by atoms with Gasteiger partial charge in [-0.2, -0.15) is 5.10 Å². The van der Waals surface area contributed by atoms with Crippen molar-refractivity contribution in [1.82, 2.24) is 14.8 Å². The third-order valence-electron chi connectivity index (χ3n) is 3.30. The Hall–Kier alpha value is -3.49. The van der Waals surface area contributed by atoms with Crippen molar-refractivity contribution in [3.8, 4) is 11.6 Å². The van der Waals surface area contributed by atoms with Crippen LogP contribution in [0.3, 0.4) is 0 Å². The Morgan fingerprint density at radius 1 is 1.46 bits per heavy atom. The monoisotopic (exact) mass is 329 g/mol. The SMILES string of the molecule is CCOC(=O)Nc1cccc(-n2nc3cc(O)[nH]c(=O)c3c2N)c1. The van der Waals surface area contributed by atoms with Gasteiger partial charge in [0.15, 0.2) is 5.88 Å². The Balaban J connectivity index is 2.05. The van der Waals surface area contributed by atoms with Crippen LogP contribution in [-0.4, -0.2) is 32.6 Å². The highest BCUT2D eigenvalue weighted by Crippen LogP contribution is 2.24. The highest BCUT2D eigenvalue weighted by Gasteiger charge is 2.15. The van der Waals surface area contributed by atoms with Crippen LogP contribution in [0.15, 0.2) is 35.1 Å². The van der Waals surface area contributed by atoms with Crippen molar-refractivity contribution in [2.45, 2.75) is 6.92 Å². The molecule has 0 spiro atoms. The highest BCUT2D eigenvalue weighted by atomic mass is 16.5. The summed E-state index contributed by atoms with van der Waals surface area (Å²) in [5.74, 6) is -0.172. The number of nitrogens with one attached hydrogen (secondary N) is 2. The van der Waals surface area contributed by atoms with E-state index in [1.54, 1.807) is 31.2 Å². The van der Waals surface area contributed by atoms with Crippen LogP contribution in [0.5, 0.6) is 5.88 Å². The van der Waals surface area contributed by atoms with Gasteiger partial charge in [0.25, 0.3) is 5.56 Å². The van der Waals surface area contributed by atoms with E-state index in [2.05, 4.69) is 15.4 Å². The molecule has 0 bridgehead atoms.